The smallest absolute Gasteiger partial charge is 0.323 e. The average molecular weight is 468 g/mol. The van der Waals surface area contributed by atoms with Crippen LogP contribution in [0.15, 0.2) is 42.5 Å². The standard InChI is InChI=1S/C20H20Cl2FN5O3/c21-15-6-1-12(11-16(15)22)19(30)27-9-10-28(18(27)17(29)25-8-7-24)20(31)26-14-4-2-13(23)3-5-14/h1-6,11,18H,7-10,24H2,(H,25,29)(H,26,31). The number of amides is 4. The van der Waals surface area contributed by atoms with Crippen LogP contribution in [0.4, 0.5) is 14.9 Å². The second-order valence-electron chi connectivity index (χ2n) is 6.71. The molecule has 0 saturated carbocycles. The van der Waals surface area contributed by atoms with E-state index in [0.29, 0.717) is 5.69 Å². The summed E-state index contributed by atoms with van der Waals surface area (Å²) in [5, 5.41) is 5.70. The SMILES string of the molecule is NCCNC(=O)C1N(C(=O)Nc2ccc(F)cc2)CCN1C(=O)c1ccc(Cl)c(Cl)c1. The lowest BCUT2D eigenvalue weighted by atomic mass is 10.2. The number of carbonyl (C=O) groups excluding carboxylic acids is 3. The third-order valence-corrected chi connectivity index (χ3v) is 5.37. The maximum atomic E-state index is 13.1. The molecule has 0 aromatic heterocycles. The molecule has 8 nitrogen and oxygen atoms in total. The molecule has 2 aromatic carbocycles. The second-order valence-corrected chi connectivity index (χ2v) is 7.53. The van der Waals surface area contributed by atoms with Crippen LogP contribution in [0.2, 0.25) is 10.0 Å². The fourth-order valence-electron chi connectivity index (χ4n) is 3.15. The van der Waals surface area contributed by atoms with E-state index in [0.717, 1.165) is 0 Å². The summed E-state index contributed by atoms with van der Waals surface area (Å²) < 4.78 is 13.1. The summed E-state index contributed by atoms with van der Waals surface area (Å²) in [5.41, 5.74) is 6.03. The monoisotopic (exact) mass is 467 g/mol. The van der Waals surface area contributed by atoms with Gasteiger partial charge in [0.25, 0.3) is 11.8 Å². The zero-order valence-electron chi connectivity index (χ0n) is 16.3. The molecule has 0 radical (unpaired) electrons. The number of halogens is 3. The molecule has 3 rings (SSSR count). The van der Waals surface area contributed by atoms with Gasteiger partial charge >= 0.3 is 6.03 Å². The van der Waals surface area contributed by atoms with Crippen molar-refractivity contribution in [3.05, 3.63) is 63.9 Å². The van der Waals surface area contributed by atoms with Gasteiger partial charge in [-0.3, -0.25) is 14.5 Å². The minimum atomic E-state index is -1.20. The molecule has 1 fully saturated rings. The second kappa shape index (κ2) is 9.95. The van der Waals surface area contributed by atoms with E-state index < -0.39 is 29.8 Å². The highest BCUT2D eigenvalue weighted by Crippen LogP contribution is 2.25. The first-order valence-corrected chi connectivity index (χ1v) is 10.1. The largest absolute Gasteiger partial charge is 0.351 e. The van der Waals surface area contributed by atoms with Crippen molar-refractivity contribution in [3.8, 4) is 0 Å². The fourth-order valence-corrected chi connectivity index (χ4v) is 3.44. The van der Waals surface area contributed by atoms with E-state index in [1.165, 1.54) is 52.3 Å². The van der Waals surface area contributed by atoms with E-state index in [2.05, 4.69) is 10.6 Å². The van der Waals surface area contributed by atoms with Crippen LogP contribution >= 0.6 is 23.2 Å². The normalized spacial score (nSPS) is 15.7. The Morgan fingerprint density at radius 2 is 1.71 bits per heavy atom. The van der Waals surface area contributed by atoms with E-state index in [4.69, 9.17) is 28.9 Å². The third kappa shape index (κ3) is 5.25. The van der Waals surface area contributed by atoms with Gasteiger partial charge in [0.15, 0.2) is 6.17 Å². The van der Waals surface area contributed by atoms with Gasteiger partial charge in [0.1, 0.15) is 5.82 Å². The minimum Gasteiger partial charge on any atom is -0.351 e. The first kappa shape index (κ1) is 22.8. The van der Waals surface area contributed by atoms with Crippen LogP contribution in [0, 0.1) is 5.82 Å². The molecule has 11 heteroatoms. The van der Waals surface area contributed by atoms with E-state index in [-0.39, 0.29) is 41.8 Å². The van der Waals surface area contributed by atoms with Crippen LogP contribution < -0.4 is 16.4 Å². The van der Waals surface area contributed by atoms with Gasteiger partial charge < -0.3 is 21.3 Å². The predicted molar refractivity (Wildman–Crippen MR) is 115 cm³/mol. The van der Waals surface area contributed by atoms with Crippen LogP contribution in [-0.2, 0) is 4.79 Å². The molecule has 0 bridgehead atoms. The highest BCUT2D eigenvalue weighted by molar-refractivity contribution is 6.42. The Balaban J connectivity index is 1.84. The van der Waals surface area contributed by atoms with E-state index in [1.54, 1.807) is 0 Å². The number of rotatable bonds is 5. The molecule has 1 unspecified atom stereocenters. The number of hydrogen-bond acceptors (Lipinski definition) is 4. The summed E-state index contributed by atoms with van der Waals surface area (Å²) in [7, 11) is 0. The highest BCUT2D eigenvalue weighted by atomic mass is 35.5. The molecule has 1 aliphatic heterocycles. The number of nitrogens with zero attached hydrogens (tertiary/aromatic N) is 2. The predicted octanol–water partition coefficient (Wildman–Crippen LogP) is 2.52. The molecule has 4 amide bonds. The van der Waals surface area contributed by atoms with Crippen molar-refractivity contribution in [2.75, 3.05) is 31.5 Å². The topological polar surface area (TPSA) is 108 Å². The Morgan fingerprint density at radius 3 is 2.35 bits per heavy atom. The summed E-state index contributed by atoms with van der Waals surface area (Å²) in [6.45, 7) is 0.607. The molecule has 0 spiro atoms. The number of nitrogens with two attached hydrogens (primary N) is 1. The van der Waals surface area contributed by atoms with Crippen LogP contribution in [-0.4, -0.2) is 60.0 Å². The van der Waals surface area contributed by atoms with Crippen molar-refractivity contribution in [2.24, 2.45) is 5.73 Å². The fraction of sp³-hybridized carbons (Fsp3) is 0.250. The van der Waals surface area contributed by atoms with Gasteiger partial charge in [0.05, 0.1) is 10.0 Å². The summed E-state index contributed by atoms with van der Waals surface area (Å²) in [4.78, 5) is 41.2. The summed E-state index contributed by atoms with van der Waals surface area (Å²) in [5.74, 6) is -1.48. The Labute approximate surface area is 188 Å². The summed E-state index contributed by atoms with van der Waals surface area (Å²) in [6.07, 6.45) is -1.20. The maximum Gasteiger partial charge on any atom is 0.323 e. The zero-order chi connectivity index (χ0) is 22.5. The van der Waals surface area contributed by atoms with Gasteiger partial charge in [-0.05, 0) is 42.5 Å². The Kier molecular flexibility index (Phi) is 7.32. The molecule has 1 heterocycles. The Hall–Kier alpha value is -2.88. The van der Waals surface area contributed by atoms with E-state index in [1.807, 2.05) is 0 Å². The van der Waals surface area contributed by atoms with E-state index in [9.17, 15) is 18.8 Å². The van der Waals surface area contributed by atoms with Crippen molar-refractivity contribution in [1.29, 1.82) is 0 Å². The van der Waals surface area contributed by atoms with Crippen LogP contribution in [0.1, 0.15) is 10.4 Å². The molecule has 1 aliphatic rings. The first-order valence-electron chi connectivity index (χ1n) is 9.39. The van der Waals surface area contributed by atoms with Crippen LogP contribution in [0.5, 0.6) is 0 Å². The Morgan fingerprint density at radius 1 is 1.03 bits per heavy atom. The van der Waals surface area contributed by atoms with Crippen molar-refractivity contribution in [1.82, 2.24) is 15.1 Å². The van der Waals surface area contributed by atoms with Crippen LogP contribution in [0.25, 0.3) is 0 Å². The summed E-state index contributed by atoms with van der Waals surface area (Å²) in [6, 6.07) is 8.96. The number of benzene rings is 2. The average Bonchev–Trinajstić information content (AvgIpc) is 3.20. The zero-order valence-corrected chi connectivity index (χ0v) is 17.8. The third-order valence-electron chi connectivity index (χ3n) is 4.63. The lowest BCUT2D eigenvalue weighted by Gasteiger charge is -2.29. The number of urea groups is 1. The molecular weight excluding hydrogens is 448 g/mol. The number of anilines is 1. The molecule has 4 N–H and O–H groups in total. The molecular formula is C20H20Cl2FN5O3. The number of carbonyl (C=O) groups is 3. The lowest BCUT2D eigenvalue weighted by Crippen LogP contribution is -2.55. The van der Waals surface area contributed by atoms with Gasteiger partial charge in [0.2, 0.25) is 0 Å². The minimum absolute atomic E-state index is 0.112. The molecule has 31 heavy (non-hydrogen) atoms. The molecule has 2 aromatic rings. The van der Waals surface area contributed by atoms with Gasteiger partial charge in [-0.25, -0.2) is 9.18 Å². The maximum absolute atomic E-state index is 13.1. The van der Waals surface area contributed by atoms with Crippen LogP contribution in [0.3, 0.4) is 0 Å². The van der Waals surface area contributed by atoms with Crippen molar-refractivity contribution in [3.63, 3.8) is 0 Å². The van der Waals surface area contributed by atoms with Crippen molar-refractivity contribution < 1.29 is 18.8 Å². The van der Waals surface area contributed by atoms with E-state index >= 15 is 0 Å². The molecule has 164 valence electrons. The first-order chi connectivity index (χ1) is 14.8. The van der Waals surface area contributed by atoms with Gasteiger partial charge in [0, 0.05) is 37.4 Å². The molecule has 1 saturated heterocycles. The van der Waals surface area contributed by atoms with Gasteiger partial charge in [-0.2, -0.15) is 0 Å². The highest BCUT2D eigenvalue weighted by Gasteiger charge is 2.43. The number of nitrogens with one attached hydrogen (secondary N) is 2. The van der Waals surface area contributed by atoms with Gasteiger partial charge in [-0.1, -0.05) is 23.2 Å². The molecule has 0 aliphatic carbocycles. The molecule has 1 atom stereocenters. The quantitative estimate of drug-likeness (QED) is 0.627. The lowest BCUT2D eigenvalue weighted by molar-refractivity contribution is -0.127. The van der Waals surface area contributed by atoms with Crippen molar-refractivity contribution in [2.45, 2.75) is 6.17 Å². The van der Waals surface area contributed by atoms with Gasteiger partial charge in [-0.15, -0.1) is 0 Å². The number of hydrogen-bond donors (Lipinski definition) is 3. The summed E-state index contributed by atoms with van der Waals surface area (Å²) >= 11 is 11.9. The Bertz CT molecular complexity index is 989. The van der Waals surface area contributed by atoms with Crippen molar-refractivity contribution >= 4 is 46.7 Å².